The molecule has 2 N–H and O–H groups in total. The van der Waals surface area contributed by atoms with Crippen molar-refractivity contribution in [3.8, 4) is 0 Å². The summed E-state index contributed by atoms with van der Waals surface area (Å²) in [4.78, 5) is 16.4. The van der Waals surface area contributed by atoms with Crippen LogP contribution in [0.15, 0.2) is 6.20 Å². The Hall–Kier alpha value is -0.940. The predicted molar refractivity (Wildman–Crippen MR) is 64.7 cm³/mol. The van der Waals surface area contributed by atoms with Gasteiger partial charge in [-0.05, 0) is 20.3 Å². The molecule has 90 valence electrons. The van der Waals surface area contributed by atoms with Gasteiger partial charge in [-0.25, -0.2) is 4.98 Å². The molecule has 1 heterocycles. The van der Waals surface area contributed by atoms with Crippen LogP contribution in [0.4, 0.5) is 0 Å². The summed E-state index contributed by atoms with van der Waals surface area (Å²) in [6.07, 6.45) is 3.31. The Balaban J connectivity index is 2.61. The number of carboxylic acid groups (broad SMARTS) is 1. The van der Waals surface area contributed by atoms with Gasteiger partial charge >= 0.3 is 5.97 Å². The van der Waals surface area contributed by atoms with Crippen LogP contribution in [0.1, 0.15) is 42.6 Å². The molecule has 5 heteroatoms. The molecule has 0 aromatic carbocycles. The highest BCUT2D eigenvalue weighted by molar-refractivity contribution is 7.11. The standard InChI is InChI=1S/C11H18N2O2S/c1-4-5-9(11(14)15)13-8(3)10-12-6-7(2)16-10/h6,8-9,13H,4-5H2,1-3H3,(H,14,15). The summed E-state index contributed by atoms with van der Waals surface area (Å²) in [6, 6.07) is -0.490. The Morgan fingerprint density at radius 1 is 1.69 bits per heavy atom. The van der Waals surface area contributed by atoms with Crippen molar-refractivity contribution in [3.63, 3.8) is 0 Å². The minimum absolute atomic E-state index is 0.00801. The number of aryl methyl sites for hydroxylation is 1. The summed E-state index contributed by atoms with van der Waals surface area (Å²) in [5.41, 5.74) is 0. The van der Waals surface area contributed by atoms with E-state index in [1.54, 1.807) is 11.3 Å². The highest BCUT2D eigenvalue weighted by atomic mass is 32.1. The SMILES string of the molecule is CCCC(NC(C)c1ncc(C)s1)C(=O)O. The molecule has 0 saturated heterocycles. The van der Waals surface area contributed by atoms with Crippen LogP contribution in [-0.2, 0) is 4.79 Å². The molecule has 2 unspecified atom stereocenters. The van der Waals surface area contributed by atoms with Crippen molar-refractivity contribution in [2.75, 3.05) is 0 Å². The van der Waals surface area contributed by atoms with Crippen LogP contribution in [0, 0.1) is 6.92 Å². The van der Waals surface area contributed by atoms with Gasteiger partial charge in [-0.1, -0.05) is 13.3 Å². The van der Waals surface area contributed by atoms with Gasteiger partial charge in [0, 0.05) is 11.1 Å². The van der Waals surface area contributed by atoms with Crippen LogP contribution in [0.3, 0.4) is 0 Å². The molecule has 0 aliphatic rings. The molecule has 16 heavy (non-hydrogen) atoms. The van der Waals surface area contributed by atoms with Gasteiger partial charge in [-0.15, -0.1) is 11.3 Å². The first kappa shape index (κ1) is 13.1. The van der Waals surface area contributed by atoms with Crippen molar-refractivity contribution < 1.29 is 9.90 Å². The number of carboxylic acids is 1. The number of aromatic nitrogens is 1. The van der Waals surface area contributed by atoms with Crippen molar-refractivity contribution in [2.45, 2.75) is 45.7 Å². The normalized spacial score (nSPS) is 14.7. The van der Waals surface area contributed by atoms with Gasteiger partial charge in [0.05, 0.1) is 6.04 Å². The number of nitrogens with one attached hydrogen (secondary N) is 1. The van der Waals surface area contributed by atoms with E-state index in [1.165, 1.54) is 0 Å². The highest BCUT2D eigenvalue weighted by Gasteiger charge is 2.20. The van der Waals surface area contributed by atoms with Crippen LogP contribution < -0.4 is 5.32 Å². The molecule has 0 spiro atoms. The second-order valence-electron chi connectivity index (χ2n) is 3.88. The molecule has 0 fully saturated rings. The first-order valence-corrected chi connectivity index (χ1v) is 6.27. The average molecular weight is 242 g/mol. The van der Waals surface area contributed by atoms with Gasteiger partial charge in [0.1, 0.15) is 11.0 Å². The van der Waals surface area contributed by atoms with Gasteiger partial charge in [-0.3, -0.25) is 10.1 Å². The summed E-state index contributed by atoms with van der Waals surface area (Å²) in [6.45, 7) is 5.92. The largest absolute Gasteiger partial charge is 0.480 e. The van der Waals surface area contributed by atoms with E-state index in [-0.39, 0.29) is 6.04 Å². The fraction of sp³-hybridized carbons (Fsp3) is 0.636. The Morgan fingerprint density at radius 3 is 2.81 bits per heavy atom. The monoisotopic (exact) mass is 242 g/mol. The molecule has 0 radical (unpaired) electrons. The summed E-state index contributed by atoms with van der Waals surface area (Å²) in [5.74, 6) is -0.790. The van der Waals surface area contributed by atoms with Gasteiger partial charge < -0.3 is 5.11 Å². The zero-order valence-corrected chi connectivity index (χ0v) is 10.7. The van der Waals surface area contributed by atoms with Gasteiger partial charge in [-0.2, -0.15) is 0 Å². The van der Waals surface area contributed by atoms with Crippen LogP contribution >= 0.6 is 11.3 Å². The second kappa shape index (κ2) is 5.96. The quantitative estimate of drug-likeness (QED) is 0.804. The van der Waals surface area contributed by atoms with Gasteiger partial charge in [0.15, 0.2) is 0 Å². The smallest absolute Gasteiger partial charge is 0.320 e. The molecule has 0 aliphatic carbocycles. The zero-order chi connectivity index (χ0) is 12.1. The molecule has 0 amide bonds. The van der Waals surface area contributed by atoms with Crippen molar-refractivity contribution in [1.82, 2.24) is 10.3 Å². The first-order valence-electron chi connectivity index (χ1n) is 5.45. The van der Waals surface area contributed by atoms with Gasteiger partial charge in [0.2, 0.25) is 0 Å². The van der Waals surface area contributed by atoms with Crippen LogP contribution in [0.2, 0.25) is 0 Å². The molecule has 1 aromatic heterocycles. The number of nitrogens with zero attached hydrogens (tertiary/aromatic N) is 1. The topological polar surface area (TPSA) is 62.2 Å². The maximum Gasteiger partial charge on any atom is 0.320 e. The number of aliphatic carboxylic acids is 1. The Morgan fingerprint density at radius 2 is 2.38 bits per heavy atom. The van der Waals surface area contributed by atoms with Crippen LogP contribution in [0.5, 0.6) is 0 Å². The lowest BCUT2D eigenvalue weighted by atomic mass is 10.1. The van der Waals surface area contributed by atoms with E-state index in [0.717, 1.165) is 16.3 Å². The Labute approximate surface area is 99.7 Å². The van der Waals surface area contributed by atoms with E-state index in [1.807, 2.05) is 27.0 Å². The lowest BCUT2D eigenvalue weighted by molar-refractivity contribution is -0.139. The Kier molecular flexibility index (Phi) is 4.89. The number of hydrogen-bond donors (Lipinski definition) is 2. The minimum atomic E-state index is -0.790. The van der Waals surface area contributed by atoms with E-state index in [4.69, 9.17) is 5.11 Å². The number of carbonyl (C=O) groups is 1. The van der Waals surface area contributed by atoms with Gasteiger partial charge in [0.25, 0.3) is 0 Å². The van der Waals surface area contributed by atoms with E-state index in [2.05, 4.69) is 10.3 Å². The van der Waals surface area contributed by atoms with Crippen molar-refractivity contribution in [1.29, 1.82) is 0 Å². The molecular formula is C11H18N2O2S. The van der Waals surface area contributed by atoms with E-state index < -0.39 is 12.0 Å². The predicted octanol–water partition coefficient (Wildman–Crippen LogP) is 2.36. The first-order chi connectivity index (χ1) is 7.54. The number of hydrogen-bond acceptors (Lipinski definition) is 4. The third-order valence-corrected chi connectivity index (χ3v) is 3.43. The third-order valence-electron chi connectivity index (χ3n) is 2.34. The van der Waals surface area contributed by atoms with E-state index in [0.29, 0.717) is 6.42 Å². The lowest BCUT2D eigenvalue weighted by Gasteiger charge is -2.17. The van der Waals surface area contributed by atoms with Crippen LogP contribution in [-0.4, -0.2) is 22.1 Å². The molecule has 0 aliphatic heterocycles. The number of rotatable bonds is 6. The fourth-order valence-corrected chi connectivity index (χ4v) is 2.30. The summed E-state index contributed by atoms with van der Waals surface area (Å²) < 4.78 is 0. The molecule has 4 nitrogen and oxygen atoms in total. The average Bonchev–Trinajstić information content (AvgIpc) is 2.64. The summed E-state index contributed by atoms with van der Waals surface area (Å²) >= 11 is 1.60. The molecule has 2 atom stereocenters. The molecular weight excluding hydrogens is 224 g/mol. The fourth-order valence-electron chi connectivity index (χ4n) is 1.51. The zero-order valence-electron chi connectivity index (χ0n) is 9.86. The molecule has 0 saturated carbocycles. The molecule has 1 rings (SSSR count). The molecule has 0 bridgehead atoms. The maximum atomic E-state index is 11.0. The van der Waals surface area contributed by atoms with Crippen LogP contribution in [0.25, 0.3) is 0 Å². The Bertz CT molecular complexity index is 352. The van der Waals surface area contributed by atoms with E-state index in [9.17, 15) is 4.79 Å². The highest BCUT2D eigenvalue weighted by Crippen LogP contribution is 2.19. The summed E-state index contributed by atoms with van der Waals surface area (Å²) in [7, 11) is 0. The van der Waals surface area contributed by atoms with E-state index >= 15 is 0 Å². The van der Waals surface area contributed by atoms with Crippen molar-refractivity contribution in [3.05, 3.63) is 16.1 Å². The minimum Gasteiger partial charge on any atom is -0.480 e. The third kappa shape index (κ3) is 3.57. The molecule has 1 aromatic rings. The number of thiazole rings is 1. The maximum absolute atomic E-state index is 11.0. The lowest BCUT2D eigenvalue weighted by Crippen LogP contribution is -2.38. The van der Waals surface area contributed by atoms with Crippen molar-refractivity contribution >= 4 is 17.3 Å². The summed E-state index contributed by atoms with van der Waals surface area (Å²) in [5, 5.41) is 13.1. The second-order valence-corrected chi connectivity index (χ2v) is 5.14. The van der Waals surface area contributed by atoms with Crippen molar-refractivity contribution in [2.24, 2.45) is 0 Å².